The Morgan fingerprint density at radius 1 is 0.968 bits per heavy atom. The molecule has 5 rings (SSSR count). The molecule has 158 valence electrons. The smallest absolute Gasteiger partial charge is 0.258 e. The summed E-state index contributed by atoms with van der Waals surface area (Å²) in [5.74, 6) is 2.23. The minimum atomic E-state index is -0.0975. The number of nitrogens with zero attached hydrogens (tertiary/aromatic N) is 4. The lowest BCUT2D eigenvalue weighted by Crippen LogP contribution is -2.17. The van der Waals surface area contributed by atoms with Crippen molar-refractivity contribution in [2.75, 3.05) is 0 Å². The van der Waals surface area contributed by atoms with Gasteiger partial charge in [0.2, 0.25) is 0 Å². The van der Waals surface area contributed by atoms with Gasteiger partial charge in [0.15, 0.2) is 5.16 Å². The molecular formula is C24H25N5OS. The summed E-state index contributed by atoms with van der Waals surface area (Å²) in [5, 5.41) is 10.6. The number of nitrogens with one attached hydrogen (secondary N) is 1. The van der Waals surface area contributed by atoms with E-state index in [2.05, 4.69) is 49.0 Å². The number of hydrogen-bond donors (Lipinski definition) is 1. The third-order valence-electron chi connectivity index (χ3n) is 5.88. The van der Waals surface area contributed by atoms with Crippen LogP contribution in [0.2, 0.25) is 0 Å². The summed E-state index contributed by atoms with van der Waals surface area (Å²) in [7, 11) is 0. The largest absolute Gasteiger partial charge is 0.309 e. The molecule has 6 nitrogen and oxygen atoms in total. The Balaban J connectivity index is 1.42. The monoisotopic (exact) mass is 431 g/mol. The Labute approximate surface area is 185 Å². The van der Waals surface area contributed by atoms with Gasteiger partial charge in [-0.2, -0.15) is 0 Å². The lowest BCUT2D eigenvalue weighted by molar-refractivity contribution is 0.330. The molecule has 0 bridgehead atoms. The summed E-state index contributed by atoms with van der Waals surface area (Å²) in [4.78, 5) is 19.9. The van der Waals surface area contributed by atoms with Crippen LogP contribution in [0.4, 0.5) is 0 Å². The van der Waals surface area contributed by atoms with E-state index in [1.165, 1.54) is 37.7 Å². The molecule has 0 aliphatic heterocycles. The van der Waals surface area contributed by atoms with E-state index in [0.29, 0.717) is 23.0 Å². The van der Waals surface area contributed by atoms with Crippen molar-refractivity contribution in [3.8, 4) is 0 Å². The second-order valence-electron chi connectivity index (χ2n) is 8.04. The molecule has 1 aliphatic carbocycles. The molecule has 0 amide bonds. The van der Waals surface area contributed by atoms with Gasteiger partial charge in [-0.15, -0.1) is 10.2 Å². The molecule has 0 spiro atoms. The summed E-state index contributed by atoms with van der Waals surface area (Å²) in [6, 6.07) is 18.3. The molecule has 2 aromatic heterocycles. The average Bonchev–Trinajstić information content (AvgIpc) is 3.21. The van der Waals surface area contributed by atoms with Crippen molar-refractivity contribution in [1.82, 2.24) is 24.7 Å². The normalized spacial score (nSPS) is 14.8. The number of hydrogen-bond acceptors (Lipinski definition) is 5. The molecule has 0 radical (unpaired) electrons. The maximum atomic E-state index is 12.4. The van der Waals surface area contributed by atoms with Crippen molar-refractivity contribution >= 4 is 22.7 Å². The predicted octanol–water partition coefficient (Wildman–Crippen LogP) is 4.90. The van der Waals surface area contributed by atoms with Gasteiger partial charge in [-0.05, 0) is 30.5 Å². The second kappa shape index (κ2) is 9.06. The topological polar surface area (TPSA) is 76.5 Å². The van der Waals surface area contributed by atoms with E-state index in [1.54, 1.807) is 17.8 Å². The highest BCUT2D eigenvalue weighted by atomic mass is 32.2. The van der Waals surface area contributed by atoms with Gasteiger partial charge in [-0.25, -0.2) is 4.98 Å². The van der Waals surface area contributed by atoms with Gasteiger partial charge < -0.3 is 9.55 Å². The van der Waals surface area contributed by atoms with Gasteiger partial charge in [0.1, 0.15) is 11.6 Å². The number of H-pyrrole nitrogens is 1. The van der Waals surface area contributed by atoms with Crippen LogP contribution in [-0.2, 0) is 12.2 Å². The van der Waals surface area contributed by atoms with E-state index >= 15 is 0 Å². The van der Waals surface area contributed by atoms with Crippen LogP contribution in [0.1, 0.15) is 55.4 Å². The third kappa shape index (κ3) is 4.42. The van der Waals surface area contributed by atoms with E-state index in [4.69, 9.17) is 0 Å². The predicted molar refractivity (Wildman–Crippen MR) is 123 cm³/mol. The zero-order valence-electron chi connectivity index (χ0n) is 17.3. The first kappa shape index (κ1) is 20.0. The van der Waals surface area contributed by atoms with E-state index in [0.717, 1.165) is 22.9 Å². The highest BCUT2D eigenvalue weighted by Crippen LogP contribution is 2.33. The van der Waals surface area contributed by atoms with Crippen LogP contribution in [0.5, 0.6) is 0 Å². The molecular weight excluding hydrogens is 406 g/mol. The Morgan fingerprint density at radius 2 is 1.74 bits per heavy atom. The molecule has 1 saturated carbocycles. The maximum Gasteiger partial charge on any atom is 0.258 e. The van der Waals surface area contributed by atoms with E-state index in [9.17, 15) is 4.79 Å². The quantitative estimate of drug-likeness (QED) is 0.439. The van der Waals surface area contributed by atoms with Crippen molar-refractivity contribution in [2.45, 2.75) is 55.5 Å². The Hall–Kier alpha value is -2.93. The molecule has 1 aliphatic rings. The van der Waals surface area contributed by atoms with Crippen molar-refractivity contribution in [3.05, 3.63) is 82.2 Å². The van der Waals surface area contributed by atoms with E-state index in [1.807, 2.05) is 24.3 Å². The van der Waals surface area contributed by atoms with Crippen LogP contribution in [0.15, 0.2) is 64.5 Å². The van der Waals surface area contributed by atoms with Gasteiger partial charge >= 0.3 is 0 Å². The number of para-hydroxylation sites is 1. The first-order chi connectivity index (χ1) is 15.3. The lowest BCUT2D eigenvalue weighted by Gasteiger charge is -2.25. The van der Waals surface area contributed by atoms with Crippen LogP contribution in [0, 0.1) is 0 Å². The zero-order chi connectivity index (χ0) is 21.0. The number of benzene rings is 2. The molecule has 0 atom stereocenters. The molecule has 4 aromatic rings. The molecule has 1 N–H and O–H groups in total. The summed E-state index contributed by atoms with van der Waals surface area (Å²) >= 11 is 1.60. The molecule has 1 fully saturated rings. The zero-order valence-corrected chi connectivity index (χ0v) is 18.1. The highest BCUT2D eigenvalue weighted by Gasteiger charge is 2.23. The first-order valence-electron chi connectivity index (χ1n) is 10.9. The highest BCUT2D eigenvalue weighted by molar-refractivity contribution is 7.98. The van der Waals surface area contributed by atoms with Gasteiger partial charge in [0, 0.05) is 12.5 Å². The number of aromatic amines is 1. The van der Waals surface area contributed by atoms with E-state index < -0.39 is 0 Å². The summed E-state index contributed by atoms with van der Waals surface area (Å²) in [5.41, 5.74) is 1.86. The first-order valence-corrected chi connectivity index (χ1v) is 11.8. The number of rotatable bonds is 6. The lowest BCUT2D eigenvalue weighted by atomic mass is 9.95. The molecule has 31 heavy (non-hydrogen) atoms. The molecule has 7 heteroatoms. The average molecular weight is 432 g/mol. The fourth-order valence-electron chi connectivity index (χ4n) is 4.35. The van der Waals surface area contributed by atoms with Crippen LogP contribution >= 0.6 is 11.8 Å². The van der Waals surface area contributed by atoms with Crippen LogP contribution in [0.25, 0.3) is 10.9 Å². The summed E-state index contributed by atoms with van der Waals surface area (Å²) < 4.78 is 2.34. The second-order valence-corrected chi connectivity index (χ2v) is 8.98. The van der Waals surface area contributed by atoms with Crippen LogP contribution in [-0.4, -0.2) is 24.7 Å². The number of thioether (sulfide) groups is 1. The Bertz CT molecular complexity index is 1230. The molecule has 0 unspecified atom stereocenters. The Kier molecular flexibility index (Phi) is 5.84. The Morgan fingerprint density at radius 3 is 2.58 bits per heavy atom. The third-order valence-corrected chi connectivity index (χ3v) is 6.83. The summed E-state index contributed by atoms with van der Waals surface area (Å²) in [6.45, 7) is 0. The molecule has 2 heterocycles. The summed E-state index contributed by atoms with van der Waals surface area (Å²) in [6.07, 6.45) is 6.90. The van der Waals surface area contributed by atoms with Crippen LogP contribution in [0.3, 0.4) is 0 Å². The van der Waals surface area contributed by atoms with Crippen molar-refractivity contribution in [1.29, 1.82) is 0 Å². The van der Waals surface area contributed by atoms with Crippen molar-refractivity contribution < 1.29 is 0 Å². The van der Waals surface area contributed by atoms with Crippen molar-refractivity contribution in [3.63, 3.8) is 0 Å². The van der Waals surface area contributed by atoms with Crippen LogP contribution < -0.4 is 5.56 Å². The fourth-order valence-corrected chi connectivity index (χ4v) is 5.24. The number of aromatic nitrogens is 5. The minimum absolute atomic E-state index is 0.0975. The standard InChI is InChI=1S/C24H25N5OS/c30-23-19-13-7-8-14-20(19)25-21(26-23)16-31-24-28-27-22(15-17-9-3-1-4-10-17)29(24)18-11-5-2-6-12-18/h1,3-4,7-10,13-14,18H,2,5-6,11-12,15-16H2,(H,25,26,30). The van der Waals surface area contributed by atoms with Gasteiger partial charge in [-0.3, -0.25) is 4.79 Å². The van der Waals surface area contributed by atoms with Gasteiger partial charge in [0.05, 0.1) is 16.7 Å². The molecule has 0 saturated heterocycles. The maximum absolute atomic E-state index is 12.4. The SMILES string of the molecule is O=c1[nH]c(CSc2nnc(Cc3ccccc3)n2C2CCCCC2)nc2ccccc12. The van der Waals surface area contributed by atoms with Gasteiger partial charge in [-0.1, -0.05) is 73.5 Å². The minimum Gasteiger partial charge on any atom is -0.309 e. The van der Waals surface area contributed by atoms with Crippen molar-refractivity contribution in [2.24, 2.45) is 0 Å². The molecule has 2 aromatic carbocycles. The number of fused-ring (bicyclic) bond motifs is 1. The van der Waals surface area contributed by atoms with E-state index in [-0.39, 0.29) is 5.56 Å². The fraction of sp³-hybridized carbons (Fsp3) is 0.333. The van der Waals surface area contributed by atoms with Gasteiger partial charge in [0.25, 0.3) is 5.56 Å².